The van der Waals surface area contributed by atoms with Gasteiger partial charge in [-0.05, 0) is 67.5 Å². The Morgan fingerprint density at radius 3 is 2.71 bits per heavy atom. The number of nitrogens with one attached hydrogen (secondary N) is 1. The Morgan fingerprint density at radius 2 is 1.92 bits per heavy atom. The Labute approximate surface area is 226 Å². The van der Waals surface area contributed by atoms with E-state index in [1.165, 1.54) is 5.57 Å². The quantitative estimate of drug-likeness (QED) is 0.229. The van der Waals surface area contributed by atoms with E-state index >= 15 is 0 Å². The van der Waals surface area contributed by atoms with Gasteiger partial charge in [-0.25, -0.2) is 9.78 Å². The van der Waals surface area contributed by atoms with Gasteiger partial charge in [0.05, 0.1) is 15.8 Å². The molecule has 196 valence electrons. The van der Waals surface area contributed by atoms with Crippen molar-refractivity contribution in [1.82, 2.24) is 10.3 Å². The molecule has 0 bridgehead atoms. The molecule has 2 unspecified atom stereocenters. The maximum Gasteiger partial charge on any atom is 0.326 e. The summed E-state index contributed by atoms with van der Waals surface area (Å²) in [6.07, 6.45) is 4.14. The molecule has 1 fully saturated rings. The van der Waals surface area contributed by atoms with Crippen LogP contribution in [-0.4, -0.2) is 28.0 Å². The van der Waals surface area contributed by atoms with E-state index in [9.17, 15) is 14.7 Å². The minimum absolute atomic E-state index is 0.208. The summed E-state index contributed by atoms with van der Waals surface area (Å²) in [7, 11) is 0. The molecule has 6 nitrogen and oxygen atoms in total. The highest BCUT2D eigenvalue weighted by Gasteiger charge is 2.27. The molecule has 1 aliphatic rings. The molecule has 0 radical (unpaired) electrons. The SMILES string of the molecule is C=C1CC(C)CC(CC[C@H](NC(=O)c2ccc3ccccc3c2OCc2nc3ccccc3s2)C(=O)O)C1. The number of carbonyl (C=O) groups excluding carboxylic acids is 1. The second-order valence-corrected chi connectivity index (χ2v) is 11.4. The number of aromatic nitrogens is 1. The molecule has 5 rings (SSSR count). The summed E-state index contributed by atoms with van der Waals surface area (Å²) in [5.74, 6) is -0.0886. The average Bonchev–Trinajstić information content (AvgIpc) is 3.31. The molecule has 0 aliphatic heterocycles. The molecule has 1 aromatic heterocycles. The van der Waals surface area contributed by atoms with Gasteiger partial charge in [0.1, 0.15) is 23.4 Å². The van der Waals surface area contributed by atoms with Gasteiger partial charge in [0.25, 0.3) is 5.91 Å². The third kappa shape index (κ3) is 5.89. The third-order valence-corrected chi connectivity index (χ3v) is 8.23. The molecule has 0 spiro atoms. The number of ether oxygens (including phenoxy) is 1. The van der Waals surface area contributed by atoms with Gasteiger partial charge in [0, 0.05) is 5.39 Å². The fraction of sp³-hybridized carbons (Fsp3) is 0.323. The number of carboxylic acids is 1. The van der Waals surface area contributed by atoms with E-state index in [1.54, 1.807) is 17.4 Å². The van der Waals surface area contributed by atoms with Crippen LogP contribution < -0.4 is 10.1 Å². The number of hydrogen-bond acceptors (Lipinski definition) is 5. The fourth-order valence-corrected chi connectivity index (χ4v) is 6.41. The lowest BCUT2D eigenvalue weighted by Gasteiger charge is -2.29. The van der Waals surface area contributed by atoms with E-state index in [0.29, 0.717) is 29.6 Å². The summed E-state index contributed by atoms with van der Waals surface area (Å²) in [6, 6.07) is 18.2. The lowest BCUT2D eigenvalue weighted by atomic mass is 9.77. The molecular formula is C31H32N2O4S. The monoisotopic (exact) mass is 528 g/mol. The number of thiazole rings is 1. The van der Waals surface area contributed by atoms with Crippen molar-refractivity contribution in [3.05, 3.63) is 83.4 Å². The highest BCUT2D eigenvalue weighted by Crippen LogP contribution is 2.35. The molecule has 4 aromatic rings. The number of rotatable bonds is 9. The Hall–Kier alpha value is -3.71. The molecule has 1 heterocycles. The summed E-state index contributed by atoms with van der Waals surface area (Å²) < 4.78 is 7.31. The molecule has 3 aromatic carbocycles. The van der Waals surface area contributed by atoms with Crippen molar-refractivity contribution in [1.29, 1.82) is 0 Å². The highest BCUT2D eigenvalue weighted by molar-refractivity contribution is 7.18. The summed E-state index contributed by atoms with van der Waals surface area (Å²) >= 11 is 1.55. The first kappa shape index (κ1) is 25.9. The molecular weight excluding hydrogens is 496 g/mol. The van der Waals surface area contributed by atoms with Crippen molar-refractivity contribution < 1.29 is 19.4 Å². The van der Waals surface area contributed by atoms with Gasteiger partial charge in [0.2, 0.25) is 0 Å². The van der Waals surface area contributed by atoms with Crippen LogP contribution in [0.1, 0.15) is 54.4 Å². The van der Waals surface area contributed by atoms with E-state index in [2.05, 4.69) is 23.8 Å². The van der Waals surface area contributed by atoms with Crippen molar-refractivity contribution in [3.8, 4) is 5.75 Å². The van der Waals surface area contributed by atoms with E-state index in [4.69, 9.17) is 4.74 Å². The summed E-state index contributed by atoms with van der Waals surface area (Å²) in [5.41, 5.74) is 2.46. The first-order valence-corrected chi connectivity index (χ1v) is 13.9. The Morgan fingerprint density at radius 1 is 1.13 bits per heavy atom. The van der Waals surface area contributed by atoms with E-state index in [0.717, 1.165) is 51.7 Å². The number of carbonyl (C=O) groups is 2. The van der Waals surface area contributed by atoms with Crippen LogP contribution >= 0.6 is 11.3 Å². The van der Waals surface area contributed by atoms with Crippen LogP contribution in [-0.2, 0) is 11.4 Å². The number of carboxylic acid groups (broad SMARTS) is 1. The van der Waals surface area contributed by atoms with Gasteiger partial charge < -0.3 is 15.2 Å². The Balaban J connectivity index is 1.35. The number of hydrogen-bond donors (Lipinski definition) is 2. The van der Waals surface area contributed by atoms with E-state index < -0.39 is 17.9 Å². The van der Waals surface area contributed by atoms with Gasteiger partial charge in [-0.15, -0.1) is 11.3 Å². The molecule has 38 heavy (non-hydrogen) atoms. The number of para-hydroxylation sites is 1. The lowest BCUT2D eigenvalue weighted by Crippen LogP contribution is -2.41. The van der Waals surface area contributed by atoms with E-state index in [1.807, 2.05) is 54.6 Å². The zero-order valence-electron chi connectivity index (χ0n) is 21.5. The molecule has 3 atom stereocenters. The fourth-order valence-electron chi connectivity index (χ4n) is 5.53. The number of benzene rings is 3. The van der Waals surface area contributed by atoms with Gasteiger partial charge >= 0.3 is 5.97 Å². The zero-order valence-corrected chi connectivity index (χ0v) is 22.3. The average molecular weight is 529 g/mol. The molecule has 7 heteroatoms. The van der Waals surface area contributed by atoms with Crippen LogP contribution in [0.15, 0.2) is 72.8 Å². The van der Waals surface area contributed by atoms with Crippen molar-refractivity contribution in [2.45, 2.75) is 51.7 Å². The maximum atomic E-state index is 13.4. The molecule has 1 aliphatic carbocycles. The second kappa shape index (κ2) is 11.4. The van der Waals surface area contributed by atoms with Crippen LogP contribution in [0.25, 0.3) is 21.0 Å². The standard InChI is InChI=1S/C31H32N2O4S/c1-19-15-20(2)17-21(16-19)11-14-26(31(35)36)33-30(34)24-13-12-22-7-3-4-8-23(22)29(24)37-18-28-32-25-9-5-6-10-27(25)38-28/h3-10,12-13,20-21,26H,1,11,14-18H2,2H3,(H,33,34)(H,35,36)/t20?,21?,26-/m0/s1. The summed E-state index contributed by atoms with van der Waals surface area (Å²) in [4.78, 5) is 30.2. The van der Waals surface area contributed by atoms with Crippen molar-refractivity contribution in [2.75, 3.05) is 0 Å². The lowest BCUT2D eigenvalue weighted by molar-refractivity contribution is -0.139. The second-order valence-electron chi connectivity index (χ2n) is 10.3. The van der Waals surface area contributed by atoms with E-state index in [-0.39, 0.29) is 6.61 Å². The predicted molar refractivity (Wildman–Crippen MR) is 152 cm³/mol. The number of amides is 1. The summed E-state index contributed by atoms with van der Waals surface area (Å²) in [6.45, 7) is 6.57. The number of nitrogens with zero attached hydrogens (tertiary/aromatic N) is 1. The number of aliphatic carboxylic acids is 1. The van der Waals surface area contributed by atoms with Crippen molar-refractivity contribution in [3.63, 3.8) is 0 Å². The molecule has 1 saturated carbocycles. The first-order valence-electron chi connectivity index (χ1n) is 13.1. The topological polar surface area (TPSA) is 88.5 Å². The minimum Gasteiger partial charge on any atom is -0.485 e. The highest BCUT2D eigenvalue weighted by atomic mass is 32.1. The van der Waals surface area contributed by atoms with Crippen molar-refractivity contribution >= 4 is 44.2 Å². The molecule has 0 saturated heterocycles. The molecule has 2 N–H and O–H groups in total. The normalized spacial score (nSPS) is 18.4. The van der Waals surface area contributed by atoms with Crippen LogP contribution in [0, 0.1) is 11.8 Å². The zero-order chi connectivity index (χ0) is 26.6. The Kier molecular flexibility index (Phi) is 7.74. The Bertz CT molecular complexity index is 1460. The van der Waals surface area contributed by atoms with Crippen molar-refractivity contribution in [2.24, 2.45) is 11.8 Å². The van der Waals surface area contributed by atoms with Crippen LogP contribution in [0.4, 0.5) is 0 Å². The van der Waals surface area contributed by atoms with Gasteiger partial charge in [0.15, 0.2) is 0 Å². The molecule has 1 amide bonds. The largest absolute Gasteiger partial charge is 0.485 e. The minimum atomic E-state index is -1.03. The smallest absolute Gasteiger partial charge is 0.326 e. The predicted octanol–water partition coefficient (Wildman–Crippen LogP) is 6.98. The summed E-state index contributed by atoms with van der Waals surface area (Å²) in [5, 5.41) is 15.2. The number of allylic oxidation sites excluding steroid dienone is 1. The first-order chi connectivity index (χ1) is 18.4. The van der Waals surface area contributed by atoms with Gasteiger partial charge in [-0.1, -0.05) is 61.5 Å². The van der Waals surface area contributed by atoms with Gasteiger partial charge in [-0.2, -0.15) is 0 Å². The maximum absolute atomic E-state index is 13.4. The van der Waals surface area contributed by atoms with Crippen LogP contribution in [0.3, 0.4) is 0 Å². The van der Waals surface area contributed by atoms with Crippen LogP contribution in [0.5, 0.6) is 5.75 Å². The van der Waals surface area contributed by atoms with Crippen LogP contribution in [0.2, 0.25) is 0 Å². The van der Waals surface area contributed by atoms with Gasteiger partial charge in [-0.3, -0.25) is 4.79 Å². The third-order valence-electron chi connectivity index (χ3n) is 7.22. The number of fused-ring (bicyclic) bond motifs is 2.